The van der Waals surface area contributed by atoms with Gasteiger partial charge in [0.15, 0.2) is 0 Å². The number of hydrogen-bond acceptors (Lipinski definition) is 2. The van der Waals surface area contributed by atoms with Crippen molar-refractivity contribution in [1.82, 2.24) is 4.98 Å². The summed E-state index contributed by atoms with van der Waals surface area (Å²) < 4.78 is 5.92. The van der Waals surface area contributed by atoms with Gasteiger partial charge >= 0.3 is 0 Å². The standard InChI is InChI=1S/C21H13NO2/c23-21-11-15(13-6-2-1-3-7-13)16-10-17-14-8-4-5-9-19(14)24-20(17)12-18(16)22-21/h1-12H,(H,22,23). The third-order valence-corrected chi connectivity index (χ3v) is 4.43. The van der Waals surface area contributed by atoms with E-state index in [1.165, 1.54) is 0 Å². The van der Waals surface area contributed by atoms with Gasteiger partial charge in [0.25, 0.3) is 0 Å². The van der Waals surface area contributed by atoms with E-state index in [4.69, 9.17) is 4.42 Å². The number of rotatable bonds is 1. The molecule has 0 atom stereocenters. The van der Waals surface area contributed by atoms with Crippen LogP contribution in [0.1, 0.15) is 0 Å². The Morgan fingerprint density at radius 2 is 1.50 bits per heavy atom. The lowest BCUT2D eigenvalue weighted by Crippen LogP contribution is -2.04. The van der Waals surface area contributed by atoms with Crippen LogP contribution in [-0.4, -0.2) is 4.98 Å². The van der Waals surface area contributed by atoms with Gasteiger partial charge in [-0.25, -0.2) is 0 Å². The van der Waals surface area contributed by atoms with E-state index in [0.717, 1.165) is 44.0 Å². The van der Waals surface area contributed by atoms with Gasteiger partial charge in [0, 0.05) is 28.3 Å². The predicted molar refractivity (Wildman–Crippen MR) is 97.3 cm³/mol. The highest BCUT2D eigenvalue weighted by Gasteiger charge is 2.11. The van der Waals surface area contributed by atoms with E-state index in [9.17, 15) is 4.79 Å². The number of nitrogens with one attached hydrogen (secondary N) is 1. The second-order valence-electron chi connectivity index (χ2n) is 5.91. The maximum atomic E-state index is 12.1. The maximum Gasteiger partial charge on any atom is 0.249 e. The molecule has 0 amide bonds. The molecule has 114 valence electrons. The van der Waals surface area contributed by atoms with Gasteiger partial charge in [-0.3, -0.25) is 4.79 Å². The molecule has 1 N–H and O–H groups in total. The largest absolute Gasteiger partial charge is 0.456 e. The lowest BCUT2D eigenvalue weighted by atomic mass is 10.00. The lowest BCUT2D eigenvalue weighted by Gasteiger charge is -2.06. The smallest absolute Gasteiger partial charge is 0.249 e. The lowest BCUT2D eigenvalue weighted by molar-refractivity contribution is 0.669. The molecular formula is C21H13NO2. The molecule has 5 rings (SSSR count). The topological polar surface area (TPSA) is 46.0 Å². The highest BCUT2D eigenvalue weighted by Crippen LogP contribution is 2.34. The van der Waals surface area contributed by atoms with Crippen molar-refractivity contribution < 1.29 is 4.42 Å². The second kappa shape index (κ2) is 4.83. The molecule has 0 bridgehead atoms. The zero-order valence-corrected chi connectivity index (χ0v) is 12.7. The Morgan fingerprint density at radius 3 is 2.38 bits per heavy atom. The van der Waals surface area contributed by atoms with Crippen molar-refractivity contribution in [3.05, 3.63) is 83.2 Å². The molecule has 2 aromatic heterocycles. The van der Waals surface area contributed by atoms with Crippen LogP contribution in [-0.2, 0) is 0 Å². The van der Waals surface area contributed by atoms with Crippen LogP contribution in [0.2, 0.25) is 0 Å². The van der Waals surface area contributed by atoms with Crippen LogP contribution in [0.4, 0.5) is 0 Å². The van der Waals surface area contributed by atoms with Gasteiger partial charge in [-0.15, -0.1) is 0 Å². The minimum Gasteiger partial charge on any atom is -0.456 e. The van der Waals surface area contributed by atoms with E-state index in [1.54, 1.807) is 6.07 Å². The number of benzene rings is 3. The highest BCUT2D eigenvalue weighted by atomic mass is 16.3. The third-order valence-electron chi connectivity index (χ3n) is 4.43. The van der Waals surface area contributed by atoms with Crippen molar-refractivity contribution in [2.24, 2.45) is 0 Å². The number of pyridine rings is 1. The Hall–Kier alpha value is -3.33. The van der Waals surface area contributed by atoms with Crippen LogP contribution in [0, 0.1) is 0 Å². The molecular weight excluding hydrogens is 298 g/mol. The quantitative estimate of drug-likeness (QED) is 0.468. The molecule has 0 radical (unpaired) electrons. The van der Waals surface area contributed by atoms with E-state index in [2.05, 4.69) is 17.1 Å². The Morgan fingerprint density at radius 1 is 0.708 bits per heavy atom. The summed E-state index contributed by atoms with van der Waals surface area (Å²) in [6, 6.07) is 23.6. The first-order valence-electron chi connectivity index (χ1n) is 7.83. The molecule has 3 nitrogen and oxygen atoms in total. The van der Waals surface area contributed by atoms with Gasteiger partial charge in [0.05, 0.1) is 5.52 Å². The molecule has 3 heteroatoms. The monoisotopic (exact) mass is 311 g/mol. The first-order chi connectivity index (χ1) is 11.8. The van der Waals surface area contributed by atoms with Crippen molar-refractivity contribution in [2.45, 2.75) is 0 Å². The summed E-state index contributed by atoms with van der Waals surface area (Å²) in [6.45, 7) is 0. The fourth-order valence-electron chi connectivity index (χ4n) is 3.33. The van der Waals surface area contributed by atoms with E-state index in [0.29, 0.717) is 0 Å². The van der Waals surface area contributed by atoms with Crippen LogP contribution in [0.25, 0.3) is 44.0 Å². The highest BCUT2D eigenvalue weighted by molar-refractivity contribution is 6.11. The van der Waals surface area contributed by atoms with Gasteiger partial charge in [-0.1, -0.05) is 48.5 Å². The average molecular weight is 311 g/mol. The number of fused-ring (bicyclic) bond motifs is 4. The molecule has 0 saturated carbocycles. The number of H-pyrrole nitrogens is 1. The van der Waals surface area contributed by atoms with Crippen molar-refractivity contribution in [3.63, 3.8) is 0 Å². The number of para-hydroxylation sites is 1. The number of hydrogen-bond donors (Lipinski definition) is 1. The van der Waals surface area contributed by atoms with Gasteiger partial charge < -0.3 is 9.40 Å². The Labute approximate surface area is 137 Å². The number of aromatic nitrogens is 1. The molecule has 0 aliphatic carbocycles. The summed E-state index contributed by atoms with van der Waals surface area (Å²) >= 11 is 0. The summed E-state index contributed by atoms with van der Waals surface area (Å²) in [5.41, 5.74) is 4.27. The van der Waals surface area contributed by atoms with E-state index < -0.39 is 0 Å². The van der Waals surface area contributed by atoms with Crippen molar-refractivity contribution >= 4 is 32.8 Å². The fraction of sp³-hybridized carbons (Fsp3) is 0. The normalized spacial score (nSPS) is 11.5. The summed E-state index contributed by atoms with van der Waals surface area (Å²) in [7, 11) is 0. The second-order valence-corrected chi connectivity index (χ2v) is 5.91. The van der Waals surface area contributed by atoms with Gasteiger partial charge in [0.1, 0.15) is 11.2 Å². The van der Waals surface area contributed by atoms with Crippen LogP contribution < -0.4 is 5.56 Å². The van der Waals surface area contributed by atoms with Crippen molar-refractivity contribution in [2.75, 3.05) is 0 Å². The molecule has 0 saturated heterocycles. The number of furan rings is 1. The molecule has 2 heterocycles. The minimum absolute atomic E-state index is 0.114. The van der Waals surface area contributed by atoms with Crippen LogP contribution in [0.15, 0.2) is 82.0 Å². The first-order valence-corrected chi connectivity index (χ1v) is 7.83. The molecule has 24 heavy (non-hydrogen) atoms. The Balaban J connectivity index is 1.96. The van der Waals surface area contributed by atoms with Gasteiger partial charge in [0.2, 0.25) is 5.56 Å². The van der Waals surface area contributed by atoms with Crippen LogP contribution in [0.3, 0.4) is 0 Å². The van der Waals surface area contributed by atoms with E-state index in [-0.39, 0.29) is 5.56 Å². The minimum atomic E-state index is -0.114. The summed E-state index contributed by atoms with van der Waals surface area (Å²) in [5.74, 6) is 0. The Kier molecular flexibility index (Phi) is 2.65. The molecule has 0 spiro atoms. The summed E-state index contributed by atoms with van der Waals surface area (Å²) in [6.07, 6.45) is 0. The molecule has 5 aromatic rings. The summed E-state index contributed by atoms with van der Waals surface area (Å²) in [5, 5.41) is 3.15. The molecule has 0 unspecified atom stereocenters. The first kappa shape index (κ1) is 13.1. The van der Waals surface area contributed by atoms with Crippen molar-refractivity contribution in [1.29, 1.82) is 0 Å². The maximum absolute atomic E-state index is 12.1. The predicted octanol–water partition coefficient (Wildman–Crippen LogP) is 5.09. The zero-order chi connectivity index (χ0) is 16.1. The zero-order valence-electron chi connectivity index (χ0n) is 12.7. The SMILES string of the molecule is O=c1cc(-c2ccccc2)c2cc3c(cc2[nH]1)oc1ccccc13. The van der Waals surface area contributed by atoms with Crippen LogP contribution in [0.5, 0.6) is 0 Å². The molecule has 3 aromatic carbocycles. The van der Waals surface area contributed by atoms with Crippen LogP contribution >= 0.6 is 0 Å². The van der Waals surface area contributed by atoms with Gasteiger partial charge in [-0.05, 0) is 23.3 Å². The molecule has 0 aliphatic heterocycles. The molecule has 0 aliphatic rings. The Bertz CT molecular complexity index is 1260. The van der Waals surface area contributed by atoms with E-state index >= 15 is 0 Å². The fourth-order valence-corrected chi connectivity index (χ4v) is 3.33. The third kappa shape index (κ3) is 1.88. The molecule has 0 fully saturated rings. The van der Waals surface area contributed by atoms with Crippen molar-refractivity contribution in [3.8, 4) is 11.1 Å². The number of aromatic amines is 1. The van der Waals surface area contributed by atoms with E-state index in [1.807, 2.05) is 54.6 Å². The van der Waals surface area contributed by atoms with Gasteiger partial charge in [-0.2, -0.15) is 0 Å². The average Bonchev–Trinajstić information content (AvgIpc) is 2.97. The summed E-state index contributed by atoms with van der Waals surface area (Å²) in [4.78, 5) is 15.0.